The summed E-state index contributed by atoms with van der Waals surface area (Å²) < 4.78 is 5.10. The molecule has 1 aliphatic rings. The van der Waals surface area contributed by atoms with Gasteiger partial charge in [-0.05, 0) is 26.0 Å². The SMILES string of the molecule is CC(C)NC(=O)c1ccc(NCC2(CO)COC2)c([N+](=O)[O-])c1. The largest absolute Gasteiger partial charge is 0.396 e. The number of anilines is 1. The second-order valence-corrected chi connectivity index (χ2v) is 6.12. The van der Waals surface area contributed by atoms with E-state index in [0.29, 0.717) is 25.4 Å². The van der Waals surface area contributed by atoms with E-state index in [1.54, 1.807) is 0 Å². The van der Waals surface area contributed by atoms with Gasteiger partial charge in [-0.15, -0.1) is 0 Å². The summed E-state index contributed by atoms with van der Waals surface area (Å²) in [7, 11) is 0. The number of aliphatic hydroxyl groups is 1. The van der Waals surface area contributed by atoms with Crippen molar-refractivity contribution >= 4 is 17.3 Å². The molecule has 1 aliphatic heterocycles. The highest BCUT2D eigenvalue weighted by atomic mass is 16.6. The summed E-state index contributed by atoms with van der Waals surface area (Å²) in [6.07, 6.45) is 0. The quantitative estimate of drug-likeness (QED) is 0.512. The van der Waals surface area contributed by atoms with Gasteiger partial charge < -0.3 is 20.5 Å². The molecule has 1 amide bonds. The molecule has 0 saturated carbocycles. The van der Waals surface area contributed by atoms with Crippen LogP contribution in [0, 0.1) is 15.5 Å². The number of amides is 1. The molecule has 0 bridgehead atoms. The Hall–Kier alpha value is -2.19. The lowest BCUT2D eigenvalue weighted by atomic mass is 9.87. The van der Waals surface area contributed by atoms with Crippen LogP contribution in [-0.4, -0.2) is 48.3 Å². The highest BCUT2D eigenvalue weighted by molar-refractivity contribution is 5.95. The first-order chi connectivity index (χ1) is 10.9. The average Bonchev–Trinajstić information content (AvgIpc) is 2.45. The van der Waals surface area contributed by atoms with Gasteiger partial charge in [-0.2, -0.15) is 0 Å². The molecule has 3 N–H and O–H groups in total. The molecule has 23 heavy (non-hydrogen) atoms. The van der Waals surface area contributed by atoms with E-state index in [0.717, 1.165) is 0 Å². The zero-order valence-corrected chi connectivity index (χ0v) is 13.2. The third-order valence-electron chi connectivity index (χ3n) is 3.68. The minimum absolute atomic E-state index is 0.0529. The third-order valence-corrected chi connectivity index (χ3v) is 3.68. The second-order valence-electron chi connectivity index (χ2n) is 6.12. The number of hydrogen-bond acceptors (Lipinski definition) is 6. The van der Waals surface area contributed by atoms with Crippen LogP contribution in [0.1, 0.15) is 24.2 Å². The van der Waals surface area contributed by atoms with Crippen LogP contribution in [0.15, 0.2) is 18.2 Å². The van der Waals surface area contributed by atoms with Crippen LogP contribution < -0.4 is 10.6 Å². The minimum atomic E-state index is -0.530. The fourth-order valence-electron chi connectivity index (χ4n) is 2.24. The maximum atomic E-state index is 12.0. The minimum Gasteiger partial charge on any atom is -0.396 e. The van der Waals surface area contributed by atoms with Gasteiger partial charge in [0.05, 0.1) is 30.2 Å². The Kier molecular flexibility index (Phi) is 5.17. The first kappa shape index (κ1) is 17.2. The van der Waals surface area contributed by atoms with Gasteiger partial charge in [-0.3, -0.25) is 14.9 Å². The predicted octanol–water partition coefficient (Wildman–Crippen LogP) is 1.15. The van der Waals surface area contributed by atoms with E-state index in [1.807, 2.05) is 13.8 Å². The van der Waals surface area contributed by atoms with Crippen LogP contribution in [0.3, 0.4) is 0 Å². The highest BCUT2D eigenvalue weighted by Gasteiger charge is 2.38. The zero-order valence-electron chi connectivity index (χ0n) is 13.2. The van der Waals surface area contributed by atoms with Gasteiger partial charge >= 0.3 is 0 Å². The summed E-state index contributed by atoms with van der Waals surface area (Å²) in [5.74, 6) is -0.353. The number of nitro benzene ring substituents is 1. The number of nitro groups is 1. The average molecular weight is 323 g/mol. The number of ether oxygens (including phenoxy) is 1. The van der Waals surface area contributed by atoms with Gasteiger partial charge in [0.15, 0.2) is 0 Å². The van der Waals surface area contributed by atoms with Crippen LogP contribution in [0.4, 0.5) is 11.4 Å². The van der Waals surface area contributed by atoms with Crippen molar-refractivity contribution in [3.05, 3.63) is 33.9 Å². The molecule has 0 aliphatic carbocycles. The summed E-state index contributed by atoms with van der Waals surface area (Å²) in [5, 5.41) is 26.3. The normalized spacial score (nSPS) is 15.8. The monoisotopic (exact) mass is 323 g/mol. The summed E-state index contributed by atoms with van der Waals surface area (Å²) in [4.78, 5) is 22.7. The molecule has 8 heteroatoms. The number of carbonyl (C=O) groups excluding carboxylic acids is 1. The number of nitrogens with zero attached hydrogens (tertiary/aromatic N) is 1. The number of hydrogen-bond donors (Lipinski definition) is 3. The van der Waals surface area contributed by atoms with Crippen molar-refractivity contribution in [3.8, 4) is 0 Å². The molecular formula is C15H21N3O5. The first-order valence-corrected chi connectivity index (χ1v) is 7.39. The topological polar surface area (TPSA) is 114 Å². The third kappa shape index (κ3) is 3.96. The number of rotatable bonds is 7. The molecule has 1 heterocycles. The van der Waals surface area contributed by atoms with Crippen LogP contribution in [-0.2, 0) is 4.74 Å². The van der Waals surface area contributed by atoms with Gasteiger partial charge in [-0.1, -0.05) is 0 Å². The van der Waals surface area contributed by atoms with E-state index in [-0.39, 0.29) is 29.8 Å². The Morgan fingerprint density at radius 2 is 2.17 bits per heavy atom. The van der Waals surface area contributed by atoms with E-state index < -0.39 is 10.3 Å². The summed E-state index contributed by atoms with van der Waals surface area (Å²) in [6, 6.07) is 4.25. The number of carbonyl (C=O) groups is 1. The fraction of sp³-hybridized carbons (Fsp3) is 0.533. The lowest BCUT2D eigenvalue weighted by molar-refractivity contribution is -0.384. The standard InChI is InChI=1S/C15H21N3O5/c1-10(2)17-14(20)11-3-4-12(13(5-11)18(21)22)16-6-15(7-19)8-23-9-15/h3-5,10,16,19H,6-9H2,1-2H3,(H,17,20). The second kappa shape index (κ2) is 6.93. The van der Waals surface area contributed by atoms with Crippen molar-refractivity contribution < 1.29 is 19.6 Å². The summed E-state index contributed by atoms with van der Waals surface area (Å²) in [5.41, 5.74) is -0.0213. The molecule has 126 valence electrons. The number of nitrogens with one attached hydrogen (secondary N) is 2. The first-order valence-electron chi connectivity index (χ1n) is 7.39. The molecule has 1 fully saturated rings. The van der Waals surface area contributed by atoms with Crippen molar-refractivity contribution in [2.24, 2.45) is 5.41 Å². The van der Waals surface area contributed by atoms with Crippen molar-refractivity contribution in [1.82, 2.24) is 5.32 Å². The van der Waals surface area contributed by atoms with Crippen LogP contribution >= 0.6 is 0 Å². The van der Waals surface area contributed by atoms with Crippen LogP contribution in [0.5, 0.6) is 0 Å². The predicted molar refractivity (Wildman–Crippen MR) is 84.5 cm³/mol. The van der Waals surface area contributed by atoms with Crippen molar-refractivity contribution in [2.75, 3.05) is 31.7 Å². The van der Waals surface area contributed by atoms with Gasteiger partial charge in [0.1, 0.15) is 5.69 Å². The molecule has 0 radical (unpaired) electrons. The fourth-order valence-corrected chi connectivity index (χ4v) is 2.24. The Balaban J connectivity index is 2.16. The molecule has 8 nitrogen and oxygen atoms in total. The smallest absolute Gasteiger partial charge is 0.293 e. The summed E-state index contributed by atoms with van der Waals surface area (Å²) >= 11 is 0. The van der Waals surface area contributed by atoms with Gasteiger partial charge in [-0.25, -0.2) is 0 Å². The number of benzene rings is 1. The maximum absolute atomic E-state index is 12.0. The molecule has 1 aromatic carbocycles. The lowest BCUT2D eigenvalue weighted by Gasteiger charge is -2.40. The lowest BCUT2D eigenvalue weighted by Crippen LogP contribution is -2.50. The van der Waals surface area contributed by atoms with Gasteiger partial charge in [0, 0.05) is 24.2 Å². The Morgan fingerprint density at radius 1 is 1.48 bits per heavy atom. The summed E-state index contributed by atoms with van der Waals surface area (Å²) in [6.45, 7) is 4.78. The molecule has 0 aromatic heterocycles. The van der Waals surface area contributed by atoms with Crippen molar-refractivity contribution in [3.63, 3.8) is 0 Å². The number of aliphatic hydroxyl groups excluding tert-OH is 1. The molecule has 0 unspecified atom stereocenters. The van der Waals surface area contributed by atoms with Gasteiger partial charge in [0.25, 0.3) is 11.6 Å². The zero-order chi connectivity index (χ0) is 17.0. The molecule has 2 rings (SSSR count). The Labute approximate surface area is 134 Å². The molecule has 1 saturated heterocycles. The van der Waals surface area contributed by atoms with E-state index in [2.05, 4.69) is 10.6 Å². The molecular weight excluding hydrogens is 302 g/mol. The molecule has 0 spiro atoms. The molecule has 1 aromatic rings. The van der Waals surface area contributed by atoms with E-state index in [9.17, 15) is 20.0 Å². The highest BCUT2D eigenvalue weighted by Crippen LogP contribution is 2.30. The van der Waals surface area contributed by atoms with Crippen LogP contribution in [0.25, 0.3) is 0 Å². The Bertz CT molecular complexity index is 593. The van der Waals surface area contributed by atoms with Crippen molar-refractivity contribution in [2.45, 2.75) is 19.9 Å². The van der Waals surface area contributed by atoms with Gasteiger partial charge in [0.2, 0.25) is 0 Å². The van der Waals surface area contributed by atoms with Crippen LogP contribution in [0.2, 0.25) is 0 Å². The maximum Gasteiger partial charge on any atom is 0.293 e. The Morgan fingerprint density at radius 3 is 2.65 bits per heavy atom. The van der Waals surface area contributed by atoms with E-state index >= 15 is 0 Å². The van der Waals surface area contributed by atoms with E-state index in [1.165, 1.54) is 18.2 Å². The van der Waals surface area contributed by atoms with Crippen molar-refractivity contribution in [1.29, 1.82) is 0 Å². The van der Waals surface area contributed by atoms with E-state index in [4.69, 9.17) is 4.74 Å². The molecule has 0 atom stereocenters.